The van der Waals surface area contributed by atoms with Crippen molar-refractivity contribution in [1.29, 1.82) is 0 Å². The van der Waals surface area contributed by atoms with Crippen LogP contribution < -0.4 is 0 Å². The molecule has 2 aromatic carbocycles. The minimum absolute atomic E-state index is 0.766. The molecule has 0 heteroatoms. The zero-order valence-corrected chi connectivity index (χ0v) is 10.2. The van der Waals surface area contributed by atoms with E-state index in [1.165, 1.54) is 29.2 Å². The van der Waals surface area contributed by atoms with E-state index < -0.39 is 0 Å². The van der Waals surface area contributed by atoms with E-state index in [-0.39, 0.29) is 0 Å². The van der Waals surface area contributed by atoms with Gasteiger partial charge in [0.05, 0.1) is 0 Å². The van der Waals surface area contributed by atoms with E-state index >= 15 is 0 Å². The van der Waals surface area contributed by atoms with Gasteiger partial charge in [-0.3, -0.25) is 0 Å². The Kier molecular flexibility index (Phi) is 3.61. The normalized spacial score (nSPS) is 12.9. The fraction of sp³-hybridized carbons (Fsp3) is 0.375. The maximum atomic E-state index is 3.52. The lowest BCUT2D eigenvalue weighted by molar-refractivity contribution is 0.522. The van der Waals surface area contributed by atoms with E-state index in [9.17, 15) is 0 Å². The molecule has 2 aromatic rings. The molecule has 0 amide bonds. The summed E-state index contributed by atoms with van der Waals surface area (Å²) in [5, 5.41) is 2.53. The van der Waals surface area contributed by atoms with Crippen molar-refractivity contribution in [3.05, 3.63) is 48.0 Å². The number of hydrogen-bond acceptors (Lipinski definition) is 0. The van der Waals surface area contributed by atoms with Crippen LogP contribution in [0.25, 0.3) is 10.8 Å². The smallest absolute Gasteiger partial charge is 0.00642 e. The lowest BCUT2D eigenvalue weighted by atomic mass is 9.95. The van der Waals surface area contributed by atoms with Crippen molar-refractivity contribution in [1.82, 2.24) is 0 Å². The summed E-state index contributed by atoms with van der Waals surface area (Å²) in [7, 11) is 0. The Morgan fingerprint density at radius 2 is 1.94 bits per heavy atom. The fourth-order valence-corrected chi connectivity index (χ4v) is 2.25. The molecule has 16 heavy (non-hydrogen) atoms. The zero-order valence-electron chi connectivity index (χ0n) is 10.2. The second kappa shape index (κ2) is 5.16. The van der Waals surface area contributed by atoms with Crippen molar-refractivity contribution in [2.45, 2.75) is 33.1 Å². The SMILES string of the molecule is CCCC(C)Cc1[c]c2ccccc2cc1. The molecular weight excluding hydrogens is 192 g/mol. The zero-order chi connectivity index (χ0) is 11.4. The summed E-state index contributed by atoms with van der Waals surface area (Å²) in [5.74, 6) is 0.766. The molecule has 0 N–H and O–H groups in total. The maximum absolute atomic E-state index is 3.52. The van der Waals surface area contributed by atoms with E-state index in [0.717, 1.165) is 12.3 Å². The van der Waals surface area contributed by atoms with E-state index in [0.29, 0.717) is 0 Å². The minimum Gasteiger partial charge on any atom is -0.0654 e. The third-order valence-corrected chi connectivity index (χ3v) is 3.07. The Hall–Kier alpha value is -1.30. The van der Waals surface area contributed by atoms with Crippen LogP contribution in [0.4, 0.5) is 0 Å². The molecule has 0 heterocycles. The Morgan fingerprint density at radius 1 is 1.12 bits per heavy atom. The van der Waals surface area contributed by atoms with Crippen molar-refractivity contribution in [3.8, 4) is 0 Å². The van der Waals surface area contributed by atoms with Gasteiger partial charge in [0.15, 0.2) is 0 Å². The monoisotopic (exact) mass is 211 g/mol. The lowest BCUT2D eigenvalue weighted by Crippen LogP contribution is -1.99. The van der Waals surface area contributed by atoms with Gasteiger partial charge in [0.25, 0.3) is 0 Å². The van der Waals surface area contributed by atoms with Gasteiger partial charge in [0.1, 0.15) is 0 Å². The first-order valence-electron chi connectivity index (χ1n) is 6.19. The highest BCUT2D eigenvalue weighted by Gasteiger charge is 2.03. The van der Waals surface area contributed by atoms with Gasteiger partial charge in [-0.05, 0) is 34.7 Å². The van der Waals surface area contributed by atoms with Gasteiger partial charge in [0.2, 0.25) is 0 Å². The Morgan fingerprint density at radius 3 is 2.75 bits per heavy atom. The largest absolute Gasteiger partial charge is 0.0654 e. The van der Waals surface area contributed by atoms with E-state index in [1.54, 1.807) is 0 Å². The van der Waals surface area contributed by atoms with Crippen LogP contribution in [-0.4, -0.2) is 0 Å². The van der Waals surface area contributed by atoms with Crippen molar-refractivity contribution in [3.63, 3.8) is 0 Å². The second-order valence-electron chi connectivity index (χ2n) is 4.67. The number of hydrogen-bond donors (Lipinski definition) is 0. The quantitative estimate of drug-likeness (QED) is 0.692. The minimum atomic E-state index is 0.766. The molecule has 2 rings (SSSR count). The van der Waals surface area contributed by atoms with Crippen molar-refractivity contribution in [2.24, 2.45) is 5.92 Å². The summed E-state index contributed by atoms with van der Waals surface area (Å²) < 4.78 is 0. The summed E-state index contributed by atoms with van der Waals surface area (Å²) in [6.45, 7) is 4.58. The molecule has 0 aliphatic heterocycles. The number of fused-ring (bicyclic) bond motifs is 1. The van der Waals surface area contributed by atoms with Gasteiger partial charge in [-0.1, -0.05) is 63.1 Å². The van der Waals surface area contributed by atoms with Gasteiger partial charge in [-0.15, -0.1) is 0 Å². The van der Waals surface area contributed by atoms with Gasteiger partial charge in [0, 0.05) is 0 Å². The van der Waals surface area contributed by atoms with Gasteiger partial charge in [-0.25, -0.2) is 0 Å². The molecular formula is C16H19. The summed E-state index contributed by atoms with van der Waals surface area (Å²) in [5.41, 5.74) is 1.35. The topological polar surface area (TPSA) is 0 Å². The maximum Gasteiger partial charge on any atom is -0.00642 e. The first-order valence-corrected chi connectivity index (χ1v) is 6.19. The molecule has 0 aliphatic carbocycles. The standard InChI is InChI=1S/C16H19/c1-3-6-13(2)11-14-9-10-15-7-4-5-8-16(15)12-14/h4-5,7-10,13H,3,6,11H2,1-2H3. The molecule has 0 spiro atoms. The molecule has 1 unspecified atom stereocenters. The second-order valence-corrected chi connectivity index (χ2v) is 4.67. The van der Waals surface area contributed by atoms with Crippen LogP contribution in [-0.2, 0) is 6.42 Å². The number of rotatable bonds is 4. The molecule has 0 fully saturated rings. The van der Waals surface area contributed by atoms with Crippen molar-refractivity contribution in [2.75, 3.05) is 0 Å². The van der Waals surface area contributed by atoms with Crippen LogP contribution >= 0.6 is 0 Å². The molecule has 0 saturated heterocycles. The lowest BCUT2D eigenvalue weighted by Gasteiger charge is -2.10. The average Bonchev–Trinajstić information content (AvgIpc) is 2.29. The Bertz CT molecular complexity index is 456. The summed E-state index contributed by atoms with van der Waals surface area (Å²) >= 11 is 0. The molecule has 0 bridgehead atoms. The number of benzene rings is 2. The molecule has 83 valence electrons. The summed E-state index contributed by atoms with van der Waals surface area (Å²) in [4.78, 5) is 0. The van der Waals surface area contributed by atoms with Crippen molar-refractivity contribution < 1.29 is 0 Å². The van der Waals surface area contributed by atoms with Crippen LogP contribution in [0, 0.1) is 12.0 Å². The third-order valence-electron chi connectivity index (χ3n) is 3.07. The van der Waals surface area contributed by atoms with Gasteiger partial charge >= 0.3 is 0 Å². The third kappa shape index (κ3) is 2.63. The Balaban J connectivity index is 2.19. The van der Waals surface area contributed by atoms with E-state index in [1.807, 2.05) is 0 Å². The first-order chi connectivity index (χ1) is 7.79. The van der Waals surface area contributed by atoms with Gasteiger partial charge in [-0.2, -0.15) is 0 Å². The van der Waals surface area contributed by atoms with Crippen LogP contribution in [0.5, 0.6) is 0 Å². The highest BCUT2D eigenvalue weighted by molar-refractivity contribution is 5.82. The van der Waals surface area contributed by atoms with Crippen LogP contribution in [0.15, 0.2) is 36.4 Å². The van der Waals surface area contributed by atoms with Crippen LogP contribution in [0.2, 0.25) is 0 Å². The average molecular weight is 211 g/mol. The molecule has 0 saturated carbocycles. The molecule has 1 atom stereocenters. The van der Waals surface area contributed by atoms with Crippen LogP contribution in [0.1, 0.15) is 32.3 Å². The Labute approximate surface area is 98.3 Å². The molecule has 0 aliphatic rings. The van der Waals surface area contributed by atoms with E-state index in [2.05, 4.69) is 56.3 Å². The fourth-order valence-electron chi connectivity index (χ4n) is 2.25. The predicted molar refractivity (Wildman–Crippen MR) is 70.6 cm³/mol. The molecule has 0 aromatic heterocycles. The van der Waals surface area contributed by atoms with E-state index in [4.69, 9.17) is 0 Å². The molecule has 0 nitrogen and oxygen atoms in total. The van der Waals surface area contributed by atoms with Crippen molar-refractivity contribution >= 4 is 10.8 Å². The highest BCUT2D eigenvalue weighted by Crippen LogP contribution is 2.18. The van der Waals surface area contributed by atoms with Crippen LogP contribution in [0.3, 0.4) is 0 Å². The van der Waals surface area contributed by atoms with Gasteiger partial charge < -0.3 is 0 Å². The summed E-state index contributed by atoms with van der Waals surface area (Å²) in [6.07, 6.45) is 3.73. The molecule has 1 radical (unpaired) electrons. The summed E-state index contributed by atoms with van der Waals surface area (Å²) in [6, 6.07) is 16.4. The first kappa shape index (κ1) is 11.2. The highest BCUT2D eigenvalue weighted by atomic mass is 14.1. The predicted octanol–water partition coefficient (Wildman–Crippen LogP) is 4.62.